The SMILES string of the molecule is CC1CCC(C(C)C)C(O)(c2c(Br)nnn2C)C1. The summed E-state index contributed by atoms with van der Waals surface area (Å²) in [5.74, 6) is 1.25. The number of aryl methyl sites for hydroxylation is 1. The van der Waals surface area contributed by atoms with Gasteiger partial charge >= 0.3 is 0 Å². The molecule has 3 atom stereocenters. The Bertz CT molecular complexity index is 412. The van der Waals surface area contributed by atoms with Gasteiger partial charge in [-0.15, -0.1) is 5.10 Å². The van der Waals surface area contributed by atoms with Crippen molar-refractivity contribution in [1.29, 1.82) is 0 Å². The molecular weight excluding hydrogens is 294 g/mol. The van der Waals surface area contributed by atoms with Gasteiger partial charge in [0.2, 0.25) is 0 Å². The van der Waals surface area contributed by atoms with Crippen molar-refractivity contribution in [3.8, 4) is 0 Å². The molecule has 1 fully saturated rings. The highest BCUT2D eigenvalue weighted by Crippen LogP contribution is 2.48. The van der Waals surface area contributed by atoms with Crippen LogP contribution in [-0.2, 0) is 12.6 Å². The highest BCUT2D eigenvalue weighted by Gasteiger charge is 2.47. The van der Waals surface area contributed by atoms with E-state index in [1.54, 1.807) is 4.68 Å². The fraction of sp³-hybridized carbons (Fsp3) is 0.846. The molecule has 1 heterocycles. The lowest BCUT2D eigenvalue weighted by Gasteiger charge is -2.44. The molecule has 3 unspecified atom stereocenters. The predicted octanol–water partition coefficient (Wildman–Crippen LogP) is 2.86. The van der Waals surface area contributed by atoms with Gasteiger partial charge in [0.1, 0.15) is 11.3 Å². The normalized spacial score (nSPS) is 33.1. The van der Waals surface area contributed by atoms with Crippen LogP contribution < -0.4 is 0 Å². The molecule has 1 N–H and O–H groups in total. The summed E-state index contributed by atoms with van der Waals surface area (Å²) in [6.45, 7) is 6.58. The maximum atomic E-state index is 11.3. The first-order chi connectivity index (χ1) is 8.36. The van der Waals surface area contributed by atoms with E-state index in [0.29, 0.717) is 16.4 Å². The van der Waals surface area contributed by atoms with Crippen LogP contribution in [0.4, 0.5) is 0 Å². The molecule has 4 nitrogen and oxygen atoms in total. The minimum Gasteiger partial charge on any atom is -0.383 e. The Kier molecular flexibility index (Phi) is 3.83. The fourth-order valence-electron chi connectivity index (χ4n) is 3.44. The third-order valence-electron chi connectivity index (χ3n) is 4.24. The first-order valence-electron chi connectivity index (χ1n) is 6.64. The van der Waals surface area contributed by atoms with Gasteiger partial charge in [0, 0.05) is 7.05 Å². The van der Waals surface area contributed by atoms with Gasteiger partial charge in [0.05, 0.1) is 0 Å². The molecule has 0 amide bonds. The zero-order valence-corrected chi connectivity index (χ0v) is 13.1. The summed E-state index contributed by atoms with van der Waals surface area (Å²) >= 11 is 3.43. The summed E-state index contributed by atoms with van der Waals surface area (Å²) < 4.78 is 2.38. The molecule has 0 spiro atoms. The molecule has 18 heavy (non-hydrogen) atoms. The van der Waals surface area contributed by atoms with Gasteiger partial charge in [-0.1, -0.05) is 32.4 Å². The van der Waals surface area contributed by atoms with Crippen LogP contribution in [0, 0.1) is 17.8 Å². The molecule has 0 bridgehead atoms. The number of aromatic nitrogens is 3. The van der Waals surface area contributed by atoms with Crippen LogP contribution >= 0.6 is 15.9 Å². The monoisotopic (exact) mass is 315 g/mol. The van der Waals surface area contributed by atoms with Crippen LogP contribution in [-0.4, -0.2) is 20.1 Å². The lowest BCUT2D eigenvalue weighted by molar-refractivity contribution is -0.0926. The largest absolute Gasteiger partial charge is 0.383 e. The van der Waals surface area contributed by atoms with Crippen LogP contribution in [0.25, 0.3) is 0 Å². The van der Waals surface area contributed by atoms with Crippen molar-refractivity contribution in [1.82, 2.24) is 15.0 Å². The van der Waals surface area contributed by atoms with Crippen molar-refractivity contribution < 1.29 is 5.11 Å². The standard InChI is InChI=1S/C13H22BrN3O/c1-8(2)10-6-5-9(3)7-13(10,18)11-12(14)15-16-17(11)4/h8-10,18H,5-7H2,1-4H3. The van der Waals surface area contributed by atoms with Gasteiger partial charge in [0.25, 0.3) is 0 Å². The van der Waals surface area contributed by atoms with Crippen LogP contribution in [0.3, 0.4) is 0 Å². The molecule has 0 saturated heterocycles. The molecule has 1 aliphatic rings. The number of nitrogens with zero attached hydrogens (tertiary/aromatic N) is 3. The van der Waals surface area contributed by atoms with Gasteiger partial charge < -0.3 is 5.11 Å². The quantitative estimate of drug-likeness (QED) is 0.913. The second-order valence-corrected chi connectivity index (χ2v) is 6.77. The Morgan fingerprint density at radius 2 is 2.11 bits per heavy atom. The zero-order chi connectivity index (χ0) is 13.5. The minimum atomic E-state index is -0.817. The Balaban J connectivity index is 2.47. The first-order valence-corrected chi connectivity index (χ1v) is 7.43. The van der Waals surface area contributed by atoms with Crippen molar-refractivity contribution >= 4 is 15.9 Å². The molecule has 102 valence electrons. The minimum absolute atomic E-state index is 0.266. The number of hydrogen-bond donors (Lipinski definition) is 1. The molecule has 0 radical (unpaired) electrons. The highest BCUT2D eigenvalue weighted by molar-refractivity contribution is 9.10. The van der Waals surface area contributed by atoms with Gasteiger partial charge in [-0.3, -0.25) is 0 Å². The second kappa shape index (κ2) is 4.93. The topological polar surface area (TPSA) is 50.9 Å². The zero-order valence-electron chi connectivity index (χ0n) is 11.5. The fourth-order valence-corrected chi connectivity index (χ4v) is 4.11. The summed E-state index contributed by atoms with van der Waals surface area (Å²) in [6.07, 6.45) is 3.04. The van der Waals surface area contributed by atoms with E-state index in [2.05, 4.69) is 47.0 Å². The van der Waals surface area contributed by atoms with E-state index in [1.807, 2.05) is 7.05 Å². The summed E-state index contributed by atoms with van der Waals surface area (Å²) in [7, 11) is 1.85. The Morgan fingerprint density at radius 3 is 2.61 bits per heavy atom. The van der Waals surface area contributed by atoms with Crippen LogP contribution in [0.1, 0.15) is 45.7 Å². The Morgan fingerprint density at radius 1 is 1.44 bits per heavy atom. The first kappa shape index (κ1) is 14.0. The molecule has 1 aliphatic carbocycles. The lowest BCUT2D eigenvalue weighted by Crippen LogP contribution is -2.44. The van der Waals surface area contributed by atoms with Crippen LogP contribution in [0.2, 0.25) is 0 Å². The number of halogens is 1. The van der Waals surface area contributed by atoms with Crippen molar-refractivity contribution in [3.05, 3.63) is 10.3 Å². The highest BCUT2D eigenvalue weighted by atomic mass is 79.9. The smallest absolute Gasteiger partial charge is 0.154 e. The van der Waals surface area contributed by atoms with E-state index in [9.17, 15) is 5.11 Å². The summed E-state index contributed by atoms with van der Waals surface area (Å²) in [4.78, 5) is 0. The number of rotatable bonds is 2. The molecule has 1 aromatic rings. The maximum Gasteiger partial charge on any atom is 0.154 e. The van der Waals surface area contributed by atoms with E-state index in [0.717, 1.165) is 18.5 Å². The molecule has 1 aromatic heterocycles. The van der Waals surface area contributed by atoms with Crippen LogP contribution in [0.15, 0.2) is 4.60 Å². The third kappa shape index (κ3) is 2.23. The van der Waals surface area contributed by atoms with Gasteiger partial charge in [-0.05, 0) is 46.5 Å². The lowest BCUT2D eigenvalue weighted by atomic mass is 9.66. The number of hydrogen-bond acceptors (Lipinski definition) is 3. The van der Waals surface area contributed by atoms with E-state index < -0.39 is 5.60 Å². The summed E-state index contributed by atoms with van der Waals surface area (Å²) in [6, 6.07) is 0. The summed E-state index contributed by atoms with van der Waals surface area (Å²) in [5, 5.41) is 19.3. The van der Waals surface area contributed by atoms with Gasteiger partial charge in [-0.25, -0.2) is 4.68 Å². The Hall–Kier alpha value is -0.420. The number of aliphatic hydroxyl groups is 1. The van der Waals surface area contributed by atoms with E-state index in [1.165, 1.54) is 6.42 Å². The van der Waals surface area contributed by atoms with Crippen molar-refractivity contribution in [3.63, 3.8) is 0 Å². The molecular formula is C13H22BrN3O. The van der Waals surface area contributed by atoms with Crippen molar-refractivity contribution in [2.45, 2.75) is 45.6 Å². The molecule has 0 aliphatic heterocycles. The summed E-state index contributed by atoms with van der Waals surface area (Å²) in [5.41, 5.74) is 0.0101. The Labute approximate surface area is 117 Å². The molecule has 1 saturated carbocycles. The average Bonchev–Trinajstić information content (AvgIpc) is 2.58. The maximum absolute atomic E-state index is 11.3. The second-order valence-electron chi connectivity index (χ2n) is 6.01. The molecule has 2 rings (SSSR count). The third-order valence-corrected chi connectivity index (χ3v) is 4.78. The van der Waals surface area contributed by atoms with Crippen molar-refractivity contribution in [2.75, 3.05) is 0 Å². The van der Waals surface area contributed by atoms with Crippen LogP contribution in [0.5, 0.6) is 0 Å². The van der Waals surface area contributed by atoms with E-state index in [4.69, 9.17) is 0 Å². The van der Waals surface area contributed by atoms with Gasteiger partial charge in [0.15, 0.2) is 4.60 Å². The molecule has 5 heteroatoms. The van der Waals surface area contributed by atoms with Gasteiger partial charge in [-0.2, -0.15) is 0 Å². The van der Waals surface area contributed by atoms with Crippen molar-refractivity contribution in [2.24, 2.45) is 24.8 Å². The van der Waals surface area contributed by atoms with E-state index >= 15 is 0 Å². The molecule has 0 aromatic carbocycles. The average molecular weight is 316 g/mol. The predicted molar refractivity (Wildman–Crippen MR) is 73.9 cm³/mol. The van der Waals surface area contributed by atoms with E-state index in [-0.39, 0.29) is 5.92 Å².